The molecule has 4 aromatic rings. The molecule has 0 saturated carbocycles. The summed E-state index contributed by atoms with van der Waals surface area (Å²) in [6.07, 6.45) is -2.62. The van der Waals surface area contributed by atoms with Gasteiger partial charge in [0.25, 0.3) is 0 Å². The molecule has 1 aliphatic heterocycles. The molecule has 13 heteroatoms. The zero-order valence-corrected chi connectivity index (χ0v) is 18.3. The van der Waals surface area contributed by atoms with Gasteiger partial charge in [0.15, 0.2) is 5.82 Å². The minimum Gasteiger partial charge on any atom is -0.478 e. The molecule has 0 aliphatic carbocycles. The lowest BCUT2D eigenvalue weighted by atomic mass is 9.95. The van der Waals surface area contributed by atoms with Crippen molar-refractivity contribution in [3.63, 3.8) is 0 Å². The number of carbonyl (C=O) groups is 1. The maximum Gasteiger partial charge on any atom is 0.471 e. The van der Waals surface area contributed by atoms with E-state index in [0.717, 1.165) is 12.1 Å². The number of rotatable bonds is 4. The van der Waals surface area contributed by atoms with Gasteiger partial charge in [0, 0.05) is 30.0 Å². The summed E-state index contributed by atoms with van der Waals surface area (Å²) in [6.45, 7) is 0.751. The van der Waals surface area contributed by atoms with Crippen LogP contribution < -0.4 is 4.90 Å². The average molecular weight is 505 g/mol. The molecule has 0 radical (unpaired) electrons. The largest absolute Gasteiger partial charge is 0.478 e. The molecule has 0 amide bonds. The molecule has 186 valence electrons. The van der Waals surface area contributed by atoms with Gasteiger partial charge in [0.1, 0.15) is 23.8 Å². The molecule has 8 nitrogen and oxygen atoms in total. The van der Waals surface area contributed by atoms with Crippen LogP contribution in [0.5, 0.6) is 0 Å². The Labute approximate surface area is 199 Å². The van der Waals surface area contributed by atoms with Gasteiger partial charge in [-0.05, 0) is 42.7 Å². The lowest BCUT2D eigenvalue weighted by Crippen LogP contribution is -2.34. The fourth-order valence-electron chi connectivity index (χ4n) is 4.31. The van der Waals surface area contributed by atoms with Crippen LogP contribution in [0.4, 0.5) is 27.8 Å². The summed E-state index contributed by atoms with van der Waals surface area (Å²) in [6, 6.07) is 5.89. The molecule has 2 aromatic carbocycles. The minimum absolute atomic E-state index is 0.0188. The first-order chi connectivity index (χ1) is 17.1. The highest BCUT2D eigenvalue weighted by atomic mass is 19.4. The molecule has 1 N–H and O–H groups in total. The highest BCUT2D eigenvalue weighted by Gasteiger charge is 2.39. The van der Waals surface area contributed by atoms with Crippen molar-refractivity contribution in [3.8, 4) is 11.1 Å². The van der Waals surface area contributed by atoms with Gasteiger partial charge in [0.2, 0.25) is 0 Å². The number of halogens is 5. The van der Waals surface area contributed by atoms with Crippen molar-refractivity contribution in [1.82, 2.24) is 20.1 Å². The van der Waals surface area contributed by atoms with Crippen LogP contribution in [0.15, 0.2) is 41.2 Å². The number of carboxylic acids is 1. The van der Waals surface area contributed by atoms with Crippen molar-refractivity contribution in [2.45, 2.75) is 24.9 Å². The molecule has 5 rings (SSSR count). The van der Waals surface area contributed by atoms with Gasteiger partial charge >= 0.3 is 18.0 Å². The van der Waals surface area contributed by atoms with Crippen molar-refractivity contribution in [3.05, 3.63) is 65.6 Å². The van der Waals surface area contributed by atoms with Crippen LogP contribution >= 0.6 is 0 Å². The van der Waals surface area contributed by atoms with E-state index in [1.807, 2.05) is 4.90 Å². The topological polar surface area (TPSA) is 105 Å². The SMILES string of the molecule is O=C(O)c1ccc(-c2cc(F)cc3c(N4CCC(c5noc(C(F)(F)F)n5)CC4)ncnc23)cc1F. The number of aromatic nitrogens is 4. The van der Waals surface area contributed by atoms with Gasteiger partial charge in [-0.25, -0.2) is 23.5 Å². The van der Waals surface area contributed by atoms with Crippen molar-refractivity contribution < 1.29 is 36.4 Å². The highest BCUT2D eigenvalue weighted by molar-refractivity contribution is 6.00. The Morgan fingerprint density at radius 1 is 1.08 bits per heavy atom. The fraction of sp³-hybridized carbons (Fsp3) is 0.261. The molecule has 0 bridgehead atoms. The average Bonchev–Trinajstić information content (AvgIpc) is 3.34. The fourth-order valence-corrected chi connectivity index (χ4v) is 4.31. The molecule has 2 aromatic heterocycles. The molecule has 1 saturated heterocycles. The molecule has 1 fully saturated rings. The van der Waals surface area contributed by atoms with Crippen molar-refractivity contribution >= 4 is 22.7 Å². The zero-order valence-electron chi connectivity index (χ0n) is 18.3. The molecule has 1 aliphatic rings. The zero-order chi connectivity index (χ0) is 25.6. The molecule has 0 atom stereocenters. The van der Waals surface area contributed by atoms with Gasteiger partial charge in [-0.1, -0.05) is 11.2 Å². The van der Waals surface area contributed by atoms with Gasteiger partial charge in [0.05, 0.1) is 11.1 Å². The van der Waals surface area contributed by atoms with Gasteiger partial charge in [-0.15, -0.1) is 0 Å². The molecular formula is C23H16F5N5O3. The van der Waals surface area contributed by atoms with E-state index in [-0.39, 0.29) is 22.9 Å². The first kappa shape index (κ1) is 23.6. The summed E-state index contributed by atoms with van der Waals surface area (Å²) in [5.74, 6) is -4.37. The summed E-state index contributed by atoms with van der Waals surface area (Å²) in [5.41, 5.74) is 0.314. The summed E-state index contributed by atoms with van der Waals surface area (Å²) in [7, 11) is 0. The van der Waals surface area contributed by atoms with Crippen molar-refractivity contribution in [2.75, 3.05) is 18.0 Å². The second-order valence-corrected chi connectivity index (χ2v) is 8.26. The quantitative estimate of drug-likeness (QED) is 0.384. The standard InChI is InChI=1S/C23H16F5N5O3/c24-13-8-15(12-1-2-14(21(34)35)17(25)7-12)18-16(9-13)20(30-10-29-18)33-5-3-11(4-6-33)19-31-22(36-32-19)23(26,27)28/h1-2,7-11H,3-6H2,(H,34,35). The Kier molecular flexibility index (Phi) is 5.77. The predicted octanol–water partition coefficient (Wildman–Crippen LogP) is 5.06. The lowest BCUT2D eigenvalue weighted by molar-refractivity contribution is -0.159. The van der Waals surface area contributed by atoms with Gasteiger partial charge in [-0.3, -0.25) is 0 Å². The maximum absolute atomic E-state index is 14.6. The normalized spacial score (nSPS) is 15.0. The van der Waals surface area contributed by atoms with Crippen molar-refractivity contribution in [1.29, 1.82) is 0 Å². The Morgan fingerprint density at radius 2 is 1.83 bits per heavy atom. The molecular weight excluding hydrogens is 489 g/mol. The Morgan fingerprint density at radius 3 is 2.47 bits per heavy atom. The van der Waals surface area contributed by atoms with Crippen LogP contribution in [0.2, 0.25) is 0 Å². The second kappa shape index (κ2) is 8.81. The molecule has 3 heterocycles. The number of anilines is 1. The van der Waals surface area contributed by atoms with E-state index >= 15 is 0 Å². The Hall–Kier alpha value is -4.16. The molecule has 0 spiro atoms. The second-order valence-electron chi connectivity index (χ2n) is 8.26. The number of hydrogen-bond acceptors (Lipinski definition) is 7. The first-order valence-corrected chi connectivity index (χ1v) is 10.7. The van der Waals surface area contributed by atoms with E-state index in [0.29, 0.717) is 42.7 Å². The summed E-state index contributed by atoms with van der Waals surface area (Å²) < 4.78 is 71.6. The van der Waals surface area contributed by atoms with Crippen LogP contribution in [0.1, 0.15) is 40.8 Å². The van der Waals surface area contributed by atoms with E-state index in [1.54, 1.807) is 0 Å². The number of piperidine rings is 1. The number of benzene rings is 2. The van der Waals surface area contributed by atoms with Crippen LogP contribution in [0.25, 0.3) is 22.0 Å². The van der Waals surface area contributed by atoms with E-state index in [9.17, 15) is 26.7 Å². The van der Waals surface area contributed by atoms with Gasteiger partial charge in [-0.2, -0.15) is 18.2 Å². The summed E-state index contributed by atoms with van der Waals surface area (Å²) in [5, 5.41) is 12.9. The highest BCUT2D eigenvalue weighted by Crippen LogP contribution is 2.36. The van der Waals surface area contributed by atoms with Crippen molar-refractivity contribution in [2.24, 2.45) is 0 Å². The number of nitrogens with zero attached hydrogens (tertiary/aromatic N) is 5. The van der Waals surface area contributed by atoms with E-state index in [2.05, 4.69) is 24.6 Å². The number of aromatic carboxylic acids is 1. The number of carboxylic acid groups (broad SMARTS) is 1. The lowest BCUT2D eigenvalue weighted by Gasteiger charge is -2.32. The monoisotopic (exact) mass is 505 g/mol. The predicted molar refractivity (Wildman–Crippen MR) is 115 cm³/mol. The molecule has 0 unspecified atom stereocenters. The van der Waals surface area contributed by atoms with E-state index in [1.165, 1.54) is 24.5 Å². The Balaban J connectivity index is 1.45. The summed E-state index contributed by atoms with van der Waals surface area (Å²) >= 11 is 0. The van der Waals surface area contributed by atoms with E-state index in [4.69, 9.17) is 5.11 Å². The number of hydrogen-bond donors (Lipinski definition) is 1. The third-order valence-corrected chi connectivity index (χ3v) is 6.04. The first-order valence-electron chi connectivity index (χ1n) is 10.7. The Bertz CT molecular complexity index is 1460. The van der Waals surface area contributed by atoms with Crippen LogP contribution in [0, 0.1) is 11.6 Å². The summed E-state index contributed by atoms with van der Waals surface area (Å²) in [4.78, 5) is 25.0. The van der Waals surface area contributed by atoms with Crippen LogP contribution in [-0.4, -0.2) is 44.3 Å². The number of alkyl halides is 3. The van der Waals surface area contributed by atoms with Crippen LogP contribution in [0.3, 0.4) is 0 Å². The maximum atomic E-state index is 14.6. The van der Waals surface area contributed by atoms with E-state index < -0.39 is 35.2 Å². The third-order valence-electron chi connectivity index (χ3n) is 6.04. The number of fused-ring (bicyclic) bond motifs is 1. The molecule has 36 heavy (non-hydrogen) atoms. The van der Waals surface area contributed by atoms with Crippen LogP contribution in [-0.2, 0) is 6.18 Å². The minimum atomic E-state index is -4.72. The smallest absolute Gasteiger partial charge is 0.471 e. The third kappa shape index (κ3) is 4.32. The van der Waals surface area contributed by atoms with Gasteiger partial charge < -0.3 is 14.5 Å².